The zero-order chi connectivity index (χ0) is 10.4. The summed E-state index contributed by atoms with van der Waals surface area (Å²) in [7, 11) is 0. The van der Waals surface area contributed by atoms with E-state index >= 15 is 0 Å². The highest BCUT2D eigenvalue weighted by Crippen LogP contribution is 2.44. The third kappa shape index (κ3) is 1.37. The molecule has 1 aromatic rings. The minimum Gasteiger partial charge on any atom is -0.331 e. The van der Waals surface area contributed by atoms with E-state index in [0.717, 1.165) is 18.4 Å². The number of carbonyl (C=O) groups excluding carboxylic acids is 1. The molecule has 0 bridgehead atoms. The van der Waals surface area contributed by atoms with Gasteiger partial charge in [0, 0.05) is 5.56 Å². The van der Waals surface area contributed by atoms with E-state index in [1.165, 1.54) is 6.07 Å². The van der Waals surface area contributed by atoms with Gasteiger partial charge in [-0.15, -0.1) is 0 Å². The molecule has 0 spiro atoms. The Kier molecular flexibility index (Phi) is 1.71. The van der Waals surface area contributed by atoms with Crippen LogP contribution in [-0.2, 0) is 0 Å². The molecular weight excluding hydrogens is 195 g/mol. The van der Waals surface area contributed by atoms with Crippen molar-refractivity contribution in [3.05, 3.63) is 29.6 Å². The Morgan fingerprint density at radius 2 is 2.13 bits per heavy atom. The average molecular weight is 206 g/mol. The van der Waals surface area contributed by atoms with Gasteiger partial charge in [-0.3, -0.25) is 0 Å². The lowest BCUT2D eigenvalue weighted by molar-refractivity contribution is 0.245. The molecule has 4 heteroatoms. The van der Waals surface area contributed by atoms with Gasteiger partial charge < -0.3 is 10.6 Å². The van der Waals surface area contributed by atoms with Gasteiger partial charge in [-0.25, -0.2) is 9.18 Å². The number of hydrogen-bond donors (Lipinski definition) is 2. The fraction of sp³-hybridized carbons (Fsp3) is 0.364. The summed E-state index contributed by atoms with van der Waals surface area (Å²) < 4.78 is 13.5. The highest BCUT2D eigenvalue weighted by molar-refractivity contribution is 5.93. The number of rotatable bonds is 1. The van der Waals surface area contributed by atoms with Gasteiger partial charge in [0.25, 0.3) is 0 Å². The van der Waals surface area contributed by atoms with Crippen LogP contribution in [0, 0.1) is 11.7 Å². The molecule has 2 amide bonds. The molecule has 1 atom stereocenters. The Bertz CT molecular complexity index is 429. The first-order chi connectivity index (χ1) is 7.25. The summed E-state index contributed by atoms with van der Waals surface area (Å²) >= 11 is 0. The quantitative estimate of drug-likeness (QED) is 0.727. The Morgan fingerprint density at radius 3 is 2.87 bits per heavy atom. The highest BCUT2D eigenvalue weighted by atomic mass is 19.1. The number of amides is 2. The second-order valence-corrected chi connectivity index (χ2v) is 4.12. The number of carbonyl (C=O) groups is 1. The van der Waals surface area contributed by atoms with E-state index in [9.17, 15) is 9.18 Å². The van der Waals surface area contributed by atoms with Crippen LogP contribution in [0.2, 0.25) is 0 Å². The van der Waals surface area contributed by atoms with Gasteiger partial charge in [0.05, 0.1) is 11.7 Å². The summed E-state index contributed by atoms with van der Waals surface area (Å²) in [6.45, 7) is 0. The maximum absolute atomic E-state index is 13.5. The summed E-state index contributed by atoms with van der Waals surface area (Å²) in [6, 6.07) is 4.61. The number of nitrogens with one attached hydrogen (secondary N) is 2. The first-order valence-electron chi connectivity index (χ1n) is 5.11. The number of fused-ring (bicyclic) bond motifs is 1. The standard InChI is InChI=1S/C11H11FN2O/c12-8-3-1-2-7-9(6-4-5-6)13-11(15)14-10(7)8/h1-3,6,9H,4-5H2,(H2,13,14,15). The fourth-order valence-electron chi connectivity index (χ4n) is 2.10. The van der Waals surface area contributed by atoms with Gasteiger partial charge in [-0.1, -0.05) is 12.1 Å². The van der Waals surface area contributed by atoms with Crippen LogP contribution in [0.1, 0.15) is 24.4 Å². The molecule has 1 heterocycles. The molecule has 0 aromatic heterocycles. The number of benzene rings is 1. The molecule has 1 saturated carbocycles. The van der Waals surface area contributed by atoms with Gasteiger partial charge in [0.15, 0.2) is 0 Å². The molecule has 2 aliphatic rings. The van der Waals surface area contributed by atoms with Crippen LogP contribution in [0.15, 0.2) is 18.2 Å². The Balaban J connectivity index is 2.09. The summed E-state index contributed by atoms with van der Waals surface area (Å²) in [5.41, 5.74) is 1.22. The van der Waals surface area contributed by atoms with E-state index < -0.39 is 0 Å². The maximum atomic E-state index is 13.5. The lowest BCUT2D eigenvalue weighted by Gasteiger charge is -2.27. The van der Waals surface area contributed by atoms with E-state index in [1.54, 1.807) is 6.07 Å². The molecule has 1 aliphatic carbocycles. The molecule has 1 unspecified atom stereocenters. The zero-order valence-electron chi connectivity index (χ0n) is 8.09. The lowest BCUT2D eigenvalue weighted by atomic mass is 9.98. The van der Waals surface area contributed by atoms with Crippen LogP contribution in [0.4, 0.5) is 14.9 Å². The molecule has 1 fully saturated rings. The first-order valence-corrected chi connectivity index (χ1v) is 5.11. The molecule has 1 aromatic carbocycles. The van der Waals surface area contributed by atoms with E-state index in [4.69, 9.17) is 0 Å². The number of hydrogen-bond acceptors (Lipinski definition) is 1. The largest absolute Gasteiger partial charge is 0.331 e. The Hall–Kier alpha value is -1.58. The molecule has 2 N–H and O–H groups in total. The summed E-state index contributed by atoms with van der Waals surface area (Å²) in [4.78, 5) is 11.3. The summed E-state index contributed by atoms with van der Waals surface area (Å²) in [5, 5.41) is 5.36. The fourth-order valence-corrected chi connectivity index (χ4v) is 2.10. The number of para-hydroxylation sites is 1. The van der Waals surface area contributed by atoms with Crippen LogP contribution in [0.3, 0.4) is 0 Å². The van der Waals surface area contributed by atoms with Gasteiger partial charge >= 0.3 is 6.03 Å². The predicted octanol–water partition coefficient (Wildman–Crippen LogP) is 2.41. The summed E-state index contributed by atoms with van der Waals surface area (Å²) in [6.07, 6.45) is 2.22. The lowest BCUT2D eigenvalue weighted by Crippen LogP contribution is -2.39. The number of urea groups is 1. The van der Waals surface area contributed by atoms with E-state index in [0.29, 0.717) is 11.6 Å². The van der Waals surface area contributed by atoms with E-state index in [2.05, 4.69) is 10.6 Å². The smallest absolute Gasteiger partial charge is 0.319 e. The van der Waals surface area contributed by atoms with Crippen molar-refractivity contribution in [2.45, 2.75) is 18.9 Å². The monoisotopic (exact) mass is 206 g/mol. The normalized spacial score (nSPS) is 24.1. The van der Waals surface area contributed by atoms with Crippen molar-refractivity contribution < 1.29 is 9.18 Å². The predicted molar refractivity (Wildman–Crippen MR) is 54.0 cm³/mol. The van der Waals surface area contributed by atoms with Crippen molar-refractivity contribution >= 4 is 11.7 Å². The maximum Gasteiger partial charge on any atom is 0.319 e. The third-order valence-electron chi connectivity index (χ3n) is 3.00. The molecule has 3 rings (SSSR count). The van der Waals surface area contributed by atoms with E-state index in [1.807, 2.05) is 6.07 Å². The third-order valence-corrected chi connectivity index (χ3v) is 3.00. The van der Waals surface area contributed by atoms with Gasteiger partial charge in [0.1, 0.15) is 5.82 Å². The van der Waals surface area contributed by atoms with Crippen molar-refractivity contribution in [1.29, 1.82) is 0 Å². The van der Waals surface area contributed by atoms with Crippen molar-refractivity contribution in [1.82, 2.24) is 5.32 Å². The second-order valence-electron chi connectivity index (χ2n) is 4.12. The van der Waals surface area contributed by atoms with E-state index in [-0.39, 0.29) is 17.9 Å². The minimum absolute atomic E-state index is 0.00977. The highest BCUT2D eigenvalue weighted by Gasteiger charge is 2.37. The molecule has 15 heavy (non-hydrogen) atoms. The van der Waals surface area contributed by atoms with Crippen LogP contribution >= 0.6 is 0 Å². The molecule has 1 aliphatic heterocycles. The molecule has 3 nitrogen and oxygen atoms in total. The van der Waals surface area contributed by atoms with Crippen molar-refractivity contribution in [3.63, 3.8) is 0 Å². The van der Waals surface area contributed by atoms with Crippen molar-refractivity contribution in [2.24, 2.45) is 5.92 Å². The van der Waals surface area contributed by atoms with Gasteiger partial charge in [0.2, 0.25) is 0 Å². The van der Waals surface area contributed by atoms with Crippen LogP contribution < -0.4 is 10.6 Å². The first kappa shape index (κ1) is 8.71. The zero-order valence-corrected chi connectivity index (χ0v) is 8.09. The number of halogens is 1. The van der Waals surface area contributed by atoms with Crippen LogP contribution in [0.25, 0.3) is 0 Å². The molecule has 78 valence electrons. The van der Waals surface area contributed by atoms with Crippen LogP contribution in [0.5, 0.6) is 0 Å². The Morgan fingerprint density at radius 1 is 1.33 bits per heavy atom. The topological polar surface area (TPSA) is 41.1 Å². The minimum atomic E-state index is -0.354. The molecule has 0 saturated heterocycles. The molecular formula is C11H11FN2O. The van der Waals surface area contributed by atoms with Crippen molar-refractivity contribution in [3.8, 4) is 0 Å². The Labute approximate surface area is 86.7 Å². The van der Waals surface area contributed by atoms with Crippen molar-refractivity contribution in [2.75, 3.05) is 5.32 Å². The SMILES string of the molecule is O=C1Nc2c(F)cccc2C(C2CC2)N1. The van der Waals surface area contributed by atoms with Gasteiger partial charge in [-0.2, -0.15) is 0 Å². The second kappa shape index (κ2) is 2.95. The average Bonchev–Trinajstić information content (AvgIpc) is 3.02. The van der Waals surface area contributed by atoms with Gasteiger partial charge in [-0.05, 0) is 24.8 Å². The summed E-state index contributed by atoms with van der Waals surface area (Å²) in [5.74, 6) is 0.129. The molecule has 0 radical (unpaired) electrons. The van der Waals surface area contributed by atoms with Crippen LogP contribution in [-0.4, -0.2) is 6.03 Å². The number of anilines is 1.